The summed E-state index contributed by atoms with van der Waals surface area (Å²) >= 11 is 3.21. The Hall–Kier alpha value is -1.60. The Morgan fingerprint density at radius 1 is 1.47 bits per heavy atom. The third-order valence-electron chi connectivity index (χ3n) is 2.43. The molecule has 5 nitrogen and oxygen atoms in total. The van der Waals surface area contributed by atoms with E-state index in [-0.39, 0.29) is 5.84 Å². The van der Waals surface area contributed by atoms with Crippen LogP contribution in [0.4, 0.5) is 0 Å². The first kappa shape index (κ1) is 13.8. The minimum atomic E-state index is 0.0100. The average molecular weight is 294 g/mol. The molecule has 1 aromatic heterocycles. The predicted octanol–water partition coefficient (Wildman–Crippen LogP) is 2.43. The van der Waals surface area contributed by atoms with Gasteiger partial charge in [0.15, 0.2) is 4.34 Å². The summed E-state index contributed by atoms with van der Waals surface area (Å²) in [5.74, 6) is 1.42. The first-order valence-corrected chi connectivity index (χ1v) is 7.34. The number of nitrogens with one attached hydrogen (secondary N) is 1. The standard InChI is InChI=1S/C12H14N4OS2/c1-7-15-16-12(19-7)18-6-8-3-4-9(11(13)14)10(5-8)17-2/h3-5H,6H2,1-2H3,(H3,13,14). The fourth-order valence-corrected chi connectivity index (χ4v) is 3.29. The van der Waals surface area contributed by atoms with Crippen LogP contribution in [0.25, 0.3) is 0 Å². The number of nitrogens with zero attached hydrogens (tertiary/aromatic N) is 2. The van der Waals surface area contributed by atoms with Crippen molar-refractivity contribution in [3.8, 4) is 5.75 Å². The lowest BCUT2D eigenvalue weighted by molar-refractivity contribution is 0.413. The van der Waals surface area contributed by atoms with E-state index < -0.39 is 0 Å². The molecule has 0 unspecified atom stereocenters. The zero-order valence-corrected chi connectivity index (χ0v) is 12.3. The maximum absolute atomic E-state index is 7.47. The van der Waals surface area contributed by atoms with Crippen molar-refractivity contribution >= 4 is 28.9 Å². The molecule has 0 spiro atoms. The van der Waals surface area contributed by atoms with Crippen LogP contribution in [-0.2, 0) is 5.75 Å². The van der Waals surface area contributed by atoms with E-state index in [4.69, 9.17) is 15.9 Å². The molecule has 2 rings (SSSR count). The van der Waals surface area contributed by atoms with Gasteiger partial charge in [-0.3, -0.25) is 5.41 Å². The largest absolute Gasteiger partial charge is 0.496 e. The zero-order chi connectivity index (χ0) is 13.8. The van der Waals surface area contributed by atoms with Crippen LogP contribution in [0.2, 0.25) is 0 Å². The molecule has 0 aliphatic carbocycles. The first-order valence-electron chi connectivity index (χ1n) is 5.54. The summed E-state index contributed by atoms with van der Waals surface area (Å²) in [7, 11) is 1.58. The Labute approximate surface area is 119 Å². The Morgan fingerprint density at radius 3 is 2.84 bits per heavy atom. The molecule has 0 aliphatic heterocycles. The van der Waals surface area contributed by atoms with Gasteiger partial charge in [0.1, 0.15) is 16.6 Å². The van der Waals surface area contributed by atoms with Gasteiger partial charge in [-0.1, -0.05) is 29.2 Å². The minimum absolute atomic E-state index is 0.0100. The average Bonchev–Trinajstić information content (AvgIpc) is 2.81. The smallest absolute Gasteiger partial charge is 0.174 e. The van der Waals surface area contributed by atoms with E-state index >= 15 is 0 Å². The molecule has 7 heteroatoms. The van der Waals surface area contributed by atoms with Crippen molar-refractivity contribution in [3.63, 3.8) is 0 Å². The lowest BCUT2D eigenvalue weighted by Gasteiger charge is -2.08. The number of amidine groups is 1. The topological polar surface area (TPSA) is 84.9 Å². The molecule has 3 N–H and O–H groups in total. The van der Waals surface area contributed by atoms with Crippen LogP contribution in [0.15, 0.2) is 22.5 Å². The number of aryl methyl sites for hydroxylation is 1. The van der Waals surface area contributed by atoms with Crippen LogP contribution in [0.3, 0.4) is 0 Å². The van der Waals surface area contributed by atoms with Crippen molar-refractivity contribution in [1.82, 2.24) is 10.2 Å². The van der Waals surface area contributed by atoms with Gasteiger partial charge >= 0.3 is 0 Å². The predicted molar refractivity (Wildman–Crippen MR) is 78.2 cm³/mol. The summed E-state index contributed by atoms with van der Waals surface area (Å²) in [4.78, 5) is 0. The Morgan fingerprint density at radius 2 is 2.26 bits per heavy atom. The zero-order valence-electron chi connectivity index (χ0n) is 10.6. The van der Waals surface area contributed by atoms with Crippen molar-refractivity contribution in [2.45, 2.75) is 17.0 Å². The highest BCUT2D eigenvalue weighted by Gasteiger charge is 2.08. The number of hydrogen-bond donors (Lipinski definition) is 2. The number of methoxy groups -OCH3 is 1. The number of thioether (sulfide) groups is 1. The number of hydrogen-bond acceptors (Lipinski definition) is 6. The van der Waals surface area contributed by atoms with Crippen LogP contribution in [0.1, 0.15) is 16.1 Å². The van der Waals surface area contributed by atoms with Crippen LogP contribution < -0.4 is 10.5 Å². The van der Waals surface area contributed by atoms with E-state index in [0.29, 0.717) is 11.3 Å². The van der Waals surface area contributed by atoms with E-state index in [2.05, 4.69) is 10.2 Å². The fraction of sp³-hybridized carbons (Fsp3) is 0.250. The molecular formula is C12H14N4OS2. The highest BCUT2D eigenvalue weighted by atomic mass is 32.2. The number of ether oxygens (including phenoxy) is 1. The number of rotatable bonds is 5. The Kier molecular flexibility index (Phi) is 4.39. The van der Waals surface area contributed by atoms with Crippen molar-refractivity contribution in [3.05, 3.63) is 34.3 Å². The van der Waals surface area contributed by atoms with E-state index in [1.807, 2.05) is 25.1 Å². The van der Waals surface area contributed by atoms with Crippen LogP contribution >= 0.6 is 23.1 Å². The third-order valence-corrected chi connectivity index (χ3v) is 4.47. The molecule has 0 fully saturated rings. The van der Waals surface area contributed by atoms with Crippen molar-refractivity contribution in [2.24, 2.45) is 5.73 Å². The summed E-state index contributed by atoms with van der Waals surface area (Å²) < 4.78 is 6.20. The highest BCUT2D eigenvalue weighted by Crippen LogP contribution is 2.28. The minimum Gasteiger partial charge on any atom is -0.496 e. The summed E-state index contributed by atoms with van der Waals surface area (Å²) in [6.45, 7) is 1.94. The number of nitrogen functional groups attached to an aromatic ring is 1. The van der Waals surface area contributed by atoms with E-state index in [1.165, 1.54) is 0 Å². The summed E-state index contributed by atoms with van der Waals surface area (Å²) in [5.41, 5.74) is 7.20. The van der Waals surface area contributed by atoms with Gasteiger partial charge in [0.25, 0.3) is 0 Å². The molecule has 1 aromatic carbocycles. The number of benzene rings is 1. The lowest BCUT2D eigenvalue weighted by atomic mass is 10.1. The van der Waals surface area contributed by atoms with Gasteiger partial charge in [-0.25, -0.2) is 0 Å². The van der Waals surface area contributed by atoms with Crippen LogP contribution in [0.5, 0.6) is 5.75 Å². The lowest BCUT2D eigenvalue weighted by Crippen LogP contribution is -2.12. The van der Waals surface area contributed by atoms with Gasteiger partial charge in [-0.2, -0.15) is 0 Å². The van der Waals surface area contributed by atoms with Crippen molar-refractivity contribution in [2.75, 3.05) is 7.11 Å². The van der Waals surface area contributed by atoms with E-state index in [0.717, 1.165) is 20.7 Å². The van der Waals surface area contributed by atoms with Gasteiger partial charge in [0.2, 0.25) is 0 Å². The van der Waals surface area contributed by atoms with Gasteiger partial charge < -0.3 is 10.5 Å². The van der Waals surface area contributed by atoms with Crippen LogP contribution in [-0.4, -0.2) is 23.1 Å². The fourth-order valence-electron chi connectivity index (χ4n) is 1.53. The molecule has 0 amide bonds. The second-order valence-electron chi connectivity index (χ2n) is 3.82. The molecule has 100 valence electrons. The van der Waals surface area contributed by atoms with Gasteiger partial charge in [-0.15, -0.1) is 10.2 Å². The second-order valence-corrected chi connectivity index (χ2v) is 6.23. The molecule has 2 aromatic rings. The molecule has 0 radical (unpaired) electrons. The SMILES string of the molecule is COc1cc(CSc2nnc(C)s2)ccc1C(=N)N. The molecular weight excluding hydrogens is 280 g/mol. The number of nitrogens with two attached hydrogens (primary N) is 1. The van der Waals surface area contributed by atoms with Gasteiger partial charge in [0, 0.05) is 5.75 Å². The number of aromatic nitrogens is 2. The summed E-state index contributed by atoms with van der Waals surface area (Å²) in [5, 5.41) is 16.5. The molecule has 1 heterocycles. The summed E-state index contributed by atoms with van der Waals surface area (Å²) in [6, 6.07) is 5.65. The molecule has 0 atom stereocenters. The molecule has 0 aliphatic rings. The molecule has 0 saturated carbocycles. The molecule has 0 bridgehead atoms. The molecule has 19 heavy (non-hydrogen) atoms. The van der Waals surface area contributed by atoms with E-state index in [9.17, 15) is 0 Å². The quantitative estimate of drug-likeness (QED) is 0.502. The van der Waals surface area contributed by atoms with Crippen molar-refractivity contribution < 1.29 is 4.74 Å². The Balaban J connectivity index is 2.11. The maximum Gasteiger partial charge on any atom is 0.174 e. The van der Waals surface area contributed by atoms with Crippen molar-refractivity contribution in [1.29, 1.82) is 5.41 Å². The van der Waals surface area contributed by atoms with E-state index in [1.54, 1.807) is 30.2 Å². The van der Waals surface area contributed by atoms with Gasteiger partial charge in [0.05, 0.1) is 12.7 Å². The normalized spacial score (nSPS) is 10.4. The first-order chi connectivity index (χ1) is 9.10. The van der Waals surface area contributed by atoms with Crippen LogP contribution in [0, 0.1) is 12.3 Å². The van der Waals surface area contributed by atoms with Gasteiger partial charge in [-0.05, 0) is 24.6 Å². The maximum atomic E-state index is 7.47. The Bertz CT molecular complexity index is 597. The highest BCUT2D eigenvalue weighted by molar-refractivity contribution is 8.00. The second kappa shape index (κ2) is 6.03. The third kappa shape index (κ3) is 3.45. The monoisotopic (exact) mass is 294 g/mol. The molecule has 0 saturated heterocycles. The summed E-state index contributed by atoms with van der Waals surface area (Å²) in [6.07, 6.45) is 0.